The van der Waals surface area contributed by atoms with Gasteiger partial charge in [-0.2, -0.15) is 9.97 Å². The predicted octanol–water partition coefficient (Wildman–Crippen LogP) is 5.65. The number of nitrogens with zero attached hydrogens (tertiary/aromatic N) is 4. The van der Waals surface area contributed by atoms with E-state index in [0.717, 1.165) is 44.4 Å². The van der Waals surface area contributed by atoms with Crippen LogP contribution in [0.5, 0.6) is 0 Å². The summed E-state index contributed by atoms with van der Waals surface area (Å²) >= 11 is 5.77. The molecule has 0 bridgehead atoms. The van der Waals surface area contributed by atoms with Crippen LogP contribution in [0.15, 0.2) is 36.4 Å². The van der Waals surface area contributed by atoms with Crippen molar-refractivity contribution in [3.63, 3.8) is 0 Å². The van der Waals surface area contributed by atoms with Crippen molar-refractivity contribution >= 4 is 34.9 Å². The van der Waals surface area contributed by atoms with Crippen LogP contribution in [0.4, 0.5) is 17.6 Å². The van der Waals surface area contributed by atoms with Crippen molar-refractivity contribution in [1.29, 1.82) is 0 Å². The van der Waals surface area contributed by atoms with Crippen molar-refractivity contribution in [2.24, 2.45) is 0 Å². The molecule has 0 unspecified atom stereocenters. The summed E-state index contributed by atoms with van der Waals surface area (Å²) in [6, 6.07) is 13.2. The first-order valence-corrected chi connectivity index (χ1v) is 14.1. The summed E-state index contributed by atoms with van der Waals surface area (Å²) in [5.41, 5.74) is 1.56. The Kier molecular flexibility index (Phi) is 8.02. The van der Waals surface area contributed by atoms with Crippen LogP contribution in [0.3, 0.4) is 0 Å². The summed E-state index contributed by atoms with van der Waals surface area (Å²) in [6.45, 7) is 5.11. The second kappa shape index (κ2) is 11.5. The fourth-order valence-electron chi connectivity index (χ4n) is 6.03. The van der Waals surface area contributed by atoms with Gasteiger partial charge in [-0.1, -0.05) is 49.6 Å². The zero-order chi connectivity index (χ0) is 23.9. The van der Waals surface area contributed by atoms with Crippen LogP contribution in [0.2, 0.25) is 0 Å². The number of benzene rings is 1. The molecule has 7 heteroatoms. The van der Waals surface area contributed by atoms with E-state index < -0.39 is 0 Å². The van der Waals surface area contributed by atoms with Gasteiger partial charge in [0.25, 0.3) is 0 Å². The second-order valence-electron chi connectivity index (χ2n) is 10.5. The smallest absolute Gasteiger partial charge is 0.232 e. The topological polar surface area (TPSA) is 56.3 Å². The van der Waals surface area contributed by atoms with E-state index in [1.54, 1.807) is 0 Å². The van der Waals surface area contributed by atoms with Crippen LogP contribution in [-0.2, 0) is 5.41 Å². The molecule has 2 saturated heterocycles. The molecule has 1 aromatic heterocycles. The molecule has 0 atom stereocenters. The molecule has 5 rings (SSSR count). The maximum Gasteiger partial charge on any atom is 0.232 e. The summed E-state index contributed by atoms with van der Waals surface area (Å²) < 4.78 is 0. The van der Waals surface area contributed by atoms with Gasteiger partial charge in [0.1, 0.15) is 11.6 Å². The molecule has 1 saturated carbocycles. The quantitative estimate of drug-likeness (QED) is 0.506. The third kappa shape index (κ3) is 6.05. The summed E-state index contributed by atoms with van der Waals surface area (Å²) in [5, 5.41) is 7.52. The van der Waals surface area contributed by atoms with Crippen molar-refractivity contribution in [2.75, 3.05) is 47.8 Å². The number of thiocarbonyl (C=S) groups is 1. The first-order chi connectivity index (χ1) is 17.2. The molecule has 0 radical (unpaired) electrons. The number of hydrogen-bond acceptors (Lipinski definition) is 5. The molecule has 1 aliphatic carbocycles. The highest BCUT2D eigenvalue weighted by atomic mass is 32.1. The third-order valence-electron chi connectivity index (χ3n) is 8.07. The van der Waals surface area contributed by atoms with Gasteiger partial charge in [0.2, 0.25) is 5.95 Å². The van der Waals surface area contributed by atoms with Crippen LogP contribution in [0, 0.1) is 0 Å². The Morgan fingerprint density at radius 2 is 1.31 bits per heavy atom. The Morgan fingerprint density at radius 3 is 1.89 bits per heavy atom. The number of piperidine rings is 2. The normalized spacial score (nSPS) is 20.3. The molecule has 35 heavy (non-hydrogen) atoms. The van der Waals surface area contributed by atoms with Crippen LogP contribution >= 0.6 is 12.2 Å². The van der Waals surface area contributed by atoms with Gasteiger partial charge in [-0.3, -0.25) is 0 Å². The Bertz CT molecular complexity index is 926. The van der Waals surface area contributed by atoms with Crippen molar-refractivity contribution in [2.45, 2.75) is 76.0 Å². The van der Waals surface area contributed by atoms with E-state index in [2.05, 4.69) is 56.8 Å². The second-order valence-corrected chi connectivity index (χ2v) is 10.9. The molecule has 188 valence electrons. The number of rotatable bonds is 6. The molecule has 2 N–H and O–H groups in total. The van der Waals surface area contributed by atoms with E-state index in [1.165, 1.54) is 76.2 Å². The van der Waals surface area contributed by atoms with Gasteiger partial charge in [-0.05, 0) is 69.1 Å². The minimum Gasteiger partial charge on any atom is -0.361 e. The van der Waals surface area contributed by atoms with Crippen LogP contribution in [0.25, 0.3) is 0 Å². The molecule has 3 fully saturated rings. The average Bonchev–Trinajstić information content (AvgIpc) is 2.94. The highest BCUT2D eigenvalue weighted by molar-refractivity contribution is 7.80. The maximum atomic E-state index is 5.77. The highest BCUT2D eigenvalue weighted by Gasteiger charge is 2.33. The standard InChI is InChI=1S/C28H40N6S/c35-27(29-22-28(15-7-2-8-16-28)23-13-5-1-6-14-23)32-26-30-24(33-17-9-3-10-18-33)21-25(31-26)34-19-11-4-12-20-34/h1,5-6,13-14,21H,2-4,7-12,15-20,22H2,(H2,29,30,31,32,35). The van der Waals surface area contributed by atoms with E-state index in [9.17, 15) is 0 Å². The number of nitrogens with one attached hydrogen (secondary N) is 2. The minimum atomic E-state index is 0.140. The van der Waals surface area contributed by atoms with Gasteiger partial charge in [0.05, 0.1) is 0 Å². The highest BCUT2D eigenvalue weighted by Crippen LogP contribution is 2.39. The minimum absolute atomic E-state index is 0.140. The molecular formula is C28H40N6S. The van der Waals surface area contributed by atoms with Crippen molar-refractivity contribution in [1.82, 2.24) is 15.3 Å². The molecule has 1 aromatic carbocycles. The monoisotopic (exact) mass is 492 g/mol. The third-order valence-corrected chi connectivity index (χ3v) is 8.32. The Hall–Kier alpha value is -2.41. The lowest BCUT2D eigenvalue weighted by Crippen LogP contribution is -2.43. The number of hydrogen-bond donors (Lipinski definition) is 2. The Labute approximate surface area is 215 Å². The molecular weight excluding hydrogens is 452 g/mol. The summed E-state index contributed by atoms with van der Waals surface area (Å²) in [4.78, 5) is 14.6. The van der Waals surface area contributed by atoms with Crippen LogP contribution < -0.4 is 20.4 Å². The van der Waals surface area contributed by atoms with Crippen LogP contribution in [-0.4, -0.2) is 47.8 Å². The molecule has 2 aliphatic heterocycles. The molecule has 6 nitrogen and oxygen atoms in total. The lowest BCUT2D eigenvalue weighted by atomic mass is 9.69. The van der Waals surface area contributed by atoms with E-state index in [1.807, 2.05) is 0 Å². The van der Waals surface area contributed by atoms with Crippen molar-refractivity contribution < 1.29 is 0 Å². The van der Waals surface area contributed by atoms with E-state index in [4.69, 9.17) is 22.2 Å². The maximum absolute atomic E-state index is 5.77. The van der Waals surface area contributed by atoms with Crippen molar-refractivity contribution in [3.8, 4) is 0 Å². The van der Waals surface area contributed by atoms with Gasteiger partial charge in [-0.25, -0.2) is 0 Å². The summed E-state index contributed by atoms with van der Waals surface area (Å²) in [6.07, 6.45) is 13.8. The fourth-order valence-corrected chi connectivity index (χ4v) is 6.19. The van der Waals surface area contributed by atoms with Gasteiger partial charge in [0.15, 0.2) is 5.11 Å². The number of anilines is 3. The molecule has 2 aromatic rings. The average molecular weight is 493 g/mol. The SMILES string of the molecule is S=C(NCC1(c2ccccc2)CCCCC1)Nc1nc(N2CCCCC2)cc(N2CCCCC2)n1. The van der Waals surface area contributed by atoms with E-state index in [-0.39, 0.29) is 5.41 Å². The predicted molar refractivity (Wildman–Crippen MR) is 150 cm³/mol. The van der Waals surface area contributed by atoms with Gasteiger partial charge in [-0.15, -0.1) is 0 Å². The lowest BCUT2D eigenvalue weighted by molar-refractivity contribution is 0.292. The summed E-state index contributed by atoms with van der Waals surface area (Å²) in [5.74, 6) is 2.67. The zero-order valence-electron chi connectivity index (χ0n) is 21.0. The first kappa shape index (κ1) is 24.3. The number of aromatic nitrogens is 2. The lowest BCUT2D eigenvalue weighted by Gasteiger charge is -2.38. The molecule has 3 heterocycles. The summed E-state index contributed by atoms with van der Waals surface area (Å²) in [7, 11) is 0. The Morgan fingerprint density at radius 1 is 0.771 bits per heavy atom. The molecule has 0 spiro atoms. The molecule has 0 amide bonds. The fraction of sp³-hybridized carbons (Fsp3) is 0.607. The van der Waals surface area contributed by atoms with Gasteiger partial charge in [0, 0.05) is 44.2 Å². The molecule has 3 aliphatic rings. The largest absolute Gasteiger partial charge is 0.361 e. The van der Waals surface area contributed by atoms with E-state index >= 15 is 0 Å². The zero-order valence-corrected chi connectivity index (χ0v) is 21.8. The van der Waals surface area contributed by atoms with Crippen molar-refractivity contribution in [3.05, 3.63) is 42.0 Å². The van der Waals surface area contributed by atoms with Gasteiger partial charge >= 0.3 is 0 Å². The van der Waals surface area contributed by atoms with Crippen LogP contribution in [0.1, 0.15) is 76.2 Å². The first-order valence-electron chi connectivity index (χ1n) is 13.7. The van der Waals surface area contributed by atoms with Gasteiger partial charge < -0.3 is 20.4 Å². The van der Waals surface area contributed by atoms with E-state index in [0.29, 0.717) is 11.1 Å². The Balaban J connectivity index is 1.31.